The number of hydrogen-bond acceptors (Lipinski definition) is 1. The van der Waals surface area contributed by atoms with Gasteiger partial charge in [-0.1, -0.05) is 80.6 Å². The smallest absolute Gasteiger partial charge is 0.113 e. The maximum Gasteiger partial charge on any atom is 0.113 e. The normalized spacial score (nSPS) is 13.9. The van der Waals surface area contributed by atoms with Crippen LogP contribution in [0.1, 0.15) is 25.0 Å². The van der Waals surface area contributed by atoms with Crippen LogP contribution < -0.4 is 0 Å². The molecule has 37 heavy (non-hydrogen) atoms. The van der Waals surface area contributed by atoms with Gasteiger partial charge in [-0.15, -0.1) is 0 Å². The van der Waals surface area contributed by atoms with Crippen molar-refractivity contribution in [3.05, 3.63) is 127 Å². The summed E-state index contributed by atoms with van der Waals surface area (Å²) in [5.74, 6) is 0. The second-order valence-corrected chi connectivity index (χ2v) is 10.5. The molecule has 176 valence electrons. The molecule has 0 spiro atoms. The molecule has 3 nitrogen and oxygen atoms in total. The Hall–Kier alpha value is -4.63. The quantitative estimate of drug-likeness (QED) is 0.246. The summed E-state index contributed by atoms with van der Waals surface area (Å²) in [7, 11) is 0. The van der Waals surface area contributed by atoms with Crippen molar-refractivity contribution in [3.8, 4) is 22.5 Å². The highest BCUT2D eigenvalue weighted by Crippen LogP contribution is 2.51. The third-order valence-electron chi connectivity index (χ3n) is 8.21. The molecule has 0 radical (unpaired) electrons. The van der Waals surface area contributed by atoms with Gasteiger partial charge in [0.25, 0.3) is 0 Å². The average molecular weight is 476 g/mol. The third kappa shape index (κ3) is 2.69. The molecule has 0 bridgehead atoms. The van der Waals surface area contributed by atoms with Crippen molar-refractivity contribution in [3.63, 3.8) is 0 Å². The fourth-order valence-corrected chi connectivity index (χ4v) is 6.42. The molecular formula is C34H25N3. The predicted molar refractivity (Wildman–Crippen MR) is 153 cm³/mol. The number of aromatic nitrogens is 3. The SMILES string of the molecule is CC1(C)c2ccccc2-c2cc3c4ccccc4n(-c4cccc5c4ncn5-c4ccccc4)c3cc21. The first-order chi connectivity index (χ1) is 18.1. The van der Waals surface area contributed by atoms with Crippen molar-refractivity contribution >= 4 is 32.8 Å². The van der Waals surface area contributed by atoms with E-state index < -0.39 is 0 Å². The van der Waals surface area contributed by atoms with Crippen molar-refractivity contribution in [2.24, 2.45) is 0 Å². The van der Waals surface area contributed by atoms with E-state index in [4.69, 9.17) is 4.98 Å². The van der Waals surface area contributed by atoms with Crippen LogP contribution in [0, 0.1) is 0 Å². The van der Waals surface area contributed by atoms with Gasteiger partial charge in [-0.3, -0.25) is 4.57 Å². The van der Waals surface area contributed by atoms with Crippen molar-refractivity contribution in [1.29, 1.82) is 0 Å². The zero-order valence-electron chi connectivity index (χ0n) is 20.8. The molecule has 2 aromatic heterocycles. The molecule has 0 unspecified atom stereocenters. The number of fused-ring (bicyclic) bond motifs is 7. The van der Waals surface area contributed by atoms with Gasteiger partial charge in [0.1, 0.15) is 11.8 Å². The molecule has 1 aliphatic carbocycles. The number of para-hydroxylation sites is 3. The van der Waals surface area contributed by atoms with Gasteiger partial charge in [0, 0.05) is 21.9 Å². The maximum absolute atomic E-state index is 4.94. The van der Waals surface area contributed by atoms with Crippen molar-refractivity contribution in [2.75, 3.05) is 0 Å². The molecule has 3 heteroatoms. The number of rotatable bonds is 2. The Morgan fingerprint density at radius 2 is 1.35 bits per heavy atom. The van der Waals surface area contributed by atoms with Crippen LogP contribution in [0.3, 0.4) is 0 Å². The Morgan fingerprint density at radius 1 is 0.595 bits per heavy atom. The largest absolute Gasteiger partial charge is 0.307 e. The molecule has 0 atom stereocenters. The van der Waals surface area contributed by atoms with E-state index >= 15 is 0 Å². The highest BCUT2D eigenvalue weighted by molar-refractivity contribution is 6.12. The predicted octanol–water partition coefficient (Wildman–Crippen LogP) is 8.43. The summed E-state index contributed by atoms with van der Waals surface area (Å²) in [4.78, 5) is 4.94. The van der Waals surface area contributed by atoms with Gasteiger partial charge in [-0.05, 0) is 64.7 Å². The maximum atomic E-state index is 4.94. The molecule has 0 saturated heterocycles. The average Bonchev–Trinajstić information content (AvgIpc) is 3.58. The minimum Gasteiger partial charge on any atom is -0.307 e. The summed E-state index contributed by atoms with van der Waals surface area (Å²) in [5.41, 5.74) is 12.2. The zero-order valence-corrected chi connectivity index (χ0v) is 20.8. The van der Waals surface area contributed by atoms with Crippen LogP contribution in [0.2, 0.25) is 0 Å². The lowest BCUT2D eigenvalue weighted by atomic mass is 9.82. The van der Waals surface area contributed by atoms with Gasteiger partial charge in [0.2, 0.25) is 0 Å². The minimum atomic E-state index is -0.0533. The number of imidazole rings is 1. The van der Waals surface area contributed by atoms with Crippen LogP contribution in [-0.4, -0.2) is 14.1 Å². The monoisotopic (exact) mass is 475 g/mol. The summed E-state index contributed by atoms with van der Waals surface area (Å²) < 4.78 is 4.58. The summed E-state index contributed by atoms with van der Waals surface area (Å²) in [6.45, 7) is 4.69. The standard InChI is InChI=1S/C34H25N3/c1-34(2)27-15-8-6-13-23(27)25-19-26-24-14-7-9-16-29(24)37(32(26)20-28(25)34)31-18-10-17-30-33(31)35-21-36(30)22-11-4-3-5-12-22/h3-21H,1-2H3. The lowest BCUT2D eigenvalue weighted by Gasteiger charge is -2.21. The Kier molecular flexibility index (Phi) is 4.00. The Labute approximate surface area is 215 Å². The first-order valence-electron chi connectivity index (χ1n) is 12.8. The first kappa shape index (κ1) is 20.6. The molecule has 0 saturated carbocycles. The molecule has 1 aliphatic rings. The Balaban J connectivity index is 1.47. The van der Waals surface area contributed by atoms with E-state index in [9.17, 15) is 0 Å². The van der Waals surface area contributed by atoms with Crippen LogP contribution in [0.4, 0.5) is 0 Å². The second kappa shape index (κ2) is 7.21. The van der Waals surface area contributed by atoms with Gasteiger partial charge < -0.3 is 4.57 Å². The molecule has 0 N–H and O–H groups in total. The van der Waals surface area contributed by atoms with E-state index in [2.05, 4.69) is 126 Å². The molecular weight excluding hydrogens is 450 g/mol. The first-order valence-corrected chi connectivity index (χ1v) is 12.8. The van der Waals surface area contributed by atoms with E-state index in [1.165, 1.54) is 44.1 Å². The highest BCUT2D eigenvalue weighted by Gasteiger charge is 2.36. The molecule has 0 fully saturated rings. The molecule has 2 heterocycles. The summed E-state index contributed by atoms with van der Waals surface area (Å²) in [6, 6.07) is 39.4. The van der Waals surface area contributed by atoms with Crippen molar-refractivity contribution in [2.45, 2.75) is 19.3 Å². The number of nitrogens with zero attached hydrogens (tertiary/aromatic N) is 3. The van der Waals surface area contributed by atoms with Crippen LogP contribution in [0.25, 0.3) is 55.3 Å². The molecule has 5 aromatic carbocycles. The lowest BCUT2D eigenvalue weighted by Crippen LogP contribution is -2.15. The van der Waals surface area contributed by atoms with Gasteiger partial charge >= 0.3 is 0 Å². The third-order valence-corrected chi connectivity index (χ3v) is 8.21. The van der Waals surface area contributed by atoms with E-state index in [0.29, 0.717) is 0 Å². The van der Waals surface area contributed by atoms with E-state index in [1.54, 1.807) is 0 Å². The molecule has 0 aliphatic heterocycles. The number of hydrogen-bond donors (Lipinski definition) is 0. The zero-order chi connectivity index (χ0) is 24.7. The molecule has 0 amide bonds. The summed E-state index contributed by atoms with van der Waals surface area (Å²) in [6.07, 6.45) is 1.94. The summed E-state index contributed by atoms with van der Waals surface area (Å²) in [5, 5.41) is 2.54. The van der Waals surface area contributed by atoms with Crippen LogP contribution in [0.5, 0.6) is 0 Å². The van der Waals surface area contributed by atoms with Crippen molar-refractivity contribution < 1.29 is 0 Å². The second-order valence-electron chi connectivity index (χ2n) is 10.5. The summed E-state index contributed by atoms with van der Waals surface area (Å²) >= 11 is 0. The van der Waals surface area contributed by atoms with Gasteiger partial charge in [-0.2, -0.15) is 0 Å². The molecule has 8 rings (SSSR count). The Bertz CT molecular complexity index is 2000. The van der Waals surface area contributed by atoms with Crippen LogP contribution in [-0.2, 0) is 5.41 Å². The fraction of sp³-hybridized carbons (Fsp3) is 0.0882. The van der Waals surface area contributed by atoms with Gasteiger partial charge in [0.15, 0.2) is 0 Å². The minimum absolute atomic E-state index is 0.0533. The van der Waals surface area contributed by atoms with E-state index in [0.717, 1.165) is 22.4 Å². The highest BCUT2D eigenvalue weighted by atomic mass is 15.1. The van der Waals surface area contributed by atoms with Crippen LogP contribution >= 0.6 is 0 Å². The Morgan fingerprint density at radius 3 is 2.24 bits per heavy atom. The molecule has 7 aromatic rings. The number of benzene rings is 5. The fourth-order valence-electron chi connectivity index (χ4n) is 6.42. The van der Waals surface area contributed by atoms with Gasteiger partial charge in [0.05, 0.1) is 22.2 Å². The van der Waals surface area contributed by atoms with Gasteiger partial charge in [-0.25, -0.2) is 4.98 Å². The van der Waals surface area contributed by atoms with Crippen LogP contribution in [0.15, 0.2) is 116 Å². The lowest BCUT2D eigenvalue weighted by molar-refractivity contribution is 0.661. The van der Waals surface area contributed by atoms with E-state index in [-0.39, 0.29) is 5.41 Å². The topological polar surface area (TPSA) is 22.8 Å². The van der Waals surface area contributed by atoms with E-state index in [1.807, 2.05) is 12.4 Å². The van der Waals surface area contributed by atoms with Crippen molar-refractivity contribution in [1.82, 2.24) is 14.1 Å².